The molecular weight excluding hydrogens is 256 g/mol. The van der Waals surface area contributed by atoms with E-state index in [1.165, 1.54) is 0 Å². The average Bonchev–Trinajstić information content (AvgIpc) is 2.32. The second-order valence-electron chi connectivity index (χ2n) is 4.62. The van der Waals surface area contributed by atoms with E-state index in [0.717, 1.165) is 31.7 Å². The fourth-order valence-electron chi connectivity index (χ4n) is 2.27. The molecule has 2 N–H and O–H groups in total. The predicted molar refractivity (Wildman–Crippen MR) is 77.8 cm³/mol. The molecular formula is C12H25ClN2OS. The van der Waals surface area contributed by atoms with Crippen LogP contribution in [-0.4, -0.2) is 41.4 Å². The van der Waals surface area contributed by atoms with Gasteiger partial charge in [0.15, 0.2) is 0 Å². The normalized spacial score (nSPS) is 20.9. The molecule has 1 aliphatic heterocycles. The first kappa shape index (κ1) is 17.1. The van der Waals surface area contributed by atoms with Gasteiger partial charge in [0.05, 0.1) is 5.41 Å². The van der Waals surface area contributed by atoms with Crippen LogP contribution in [0.15, 0.2) is 0 Å². The van der Waals surface area contributed by atoms with E-state index in [4.69, 9.17) is 5.73 Å². The summed E-state index contributed by atoms with van der Waals surface area (Å²) in [5.41, 5.74) is 5.50. The van der Waals surface area contributed by atoms with Crippen LogP contribution in [0, 0.1) is 5.41 Å². The predicted octanol–water partition coefficient (Wildman–Crippen LogP) is 2.14. The van der Waals surface area contributed by atoms with Crippen LogP contribution >= 0.6 is 24.2 Å². The van der Waals surface area contributed by atoms with Crippen LogP contribution in [0.25, 0.3) is 0 Å². The largest absolute Gasteiger partial charge is 0.340 e. The van der Waals surface area contributed by atoms with Crippen LogP contribution in [-0.2, 0) is 4.79 Å². The van der Waals surface area contributed by atoms with Gasteiger partial charge in [-0.2, -0.15) is 11.8 Å². The maximum Gasteiger partial charge on any atom is 0.230 e. The van der Waals surface area contributed by atoms with Crippen LogP contribution in [0.5, 0.6) is 0 Å². The van der Waals surface area contributed by atoms with E-state index in [-0.39, 0.29) is 23.7 Å². The monoisotopic (exact) mass is 280 g/mol. The van der Waals surface area contributed by atoms with E-state index >= 15 is 0 Å². The smallest absolute Gasteiger partial charge is 0.230 e. The number of rotatable bonds is 4. The number of nitrogens with two attached hydrogens (primary N) is 1. The summed E-state index contributed by atoms with van der Waals surface area (Å²) in [5, 5.41) is 0.557. The lowest BCUT2D eigenvalue weighted by atomic mass is 9.81. The van der Waals surface area contributed by atoms with Crippen LogP contribution in [0.3, 0.4) is 0 Å². The van der Waals surface area contributed by atoms with Gasteiger partial charge in [-0.15, -0.1) is 12.4 Å². The van der Waals surface area contributed by atoms with Crippen molar-refractivity contribution in [2.45, 2.75) is 38.9 Å². The van der Waals surface area contributed by atoms with E-state index in [9.17, 15) is 4.79 Å². The number of hydrogen-bond donors (Lipinski definition) is 1. The minimum Gasteiger partial charge on any atom is -0.340 e. The van der Waals surface area contributed by atoms with Crippen molar-refractivity contribution in [3.05, 3.63) is 0 Å². The molecule has 1 unspecified atom stereocenters. The molecule has 1 aliphatic rings. The molecule has 5 heteroatoms. The first-order chi connectivity index (χ1) is 7.59. The lowest BCUT2D eigenvalue weighted by Gasteiger charge is -2.38. The van der Waals surface area contributed by atoms with Crippen molar-refractivity contribution in [2.75, 3.05) is 25.4 Å². The fraction of sp³-hybridized carbons (Fsp3) is 0.917. The van der Waals surface area contributed by atoms with Gasteiger partial charge in [-0.05, 0) is 12.8 Å². The molecule has 0 aromatic carbocycles. The molecule has 0 bridgehead atoms. The van der Waals surface area contributed by atoms with Crippen molar-refractivity contribution in [3.63, 3.8) is 0 Å². The molecule has 102 valence electrons. The number of nitrogens with zero attached hydrogens (tertiary/aromatic N) is 1. The molecule has 0 aliphatic carbocycles. The number of halogens is 1. The molecule has 0 spiro atoms. The van der Waals surface area contributed by atoms with E-state index in [1.54, 1.807) is 0 Å². The number of thioether (sulfide) groups is 1. The second-order valence-corrected chi connectivity index (χ2v) is 6.17. The standard InChI is InChI=1S/C12H24N2OS.ClH/c1-4-12(5-2,9-13)11(15)14-6-7-16-10(3)8-14;/h10H,4-9,13H2,1-3H3;1H. The Morgan fingerprint density at radius 2 is 2.06 bits per heavy atom. The van der Waals surface area contributed by atoms with Crippen molar-refractivity contribution in [1.29, 1.82) is 0 Å². The Hall–Kier alpha value is 0.0700. The highest BCUT2D eigenvalue weighted by atomic mass is 35.5. The summed E-state index contributed by atoms with van der Waals surface area (Å²) in [6.45, 7) is 8.55. The van der Waals surface area contributed by atoms with Crippen LogP contribution in [0.1, 0.15) is 33.6 Å². The number of amides is 1. The summed E-state index contributed by atoms with van der Waals surface area (Å²) in [6, 6.07) is 0. The van der Waals surface area contributed by atoms with Crippen molar-refractivity contribution >= 4 is 30.1 Å². The Kier molecular flexibility index (Phi) is 7.52. The Bertz CT molecular complexity index is 238. The van der Waals surface area contributed by atoms with Crippen LogP contribution < -0.4 is 5.73 Å². The molecule has 0 aromatic heterocycles. The van der Waals surface area contributed by atoms with Gasteiger partial charge in [-0.1, -0.05) is 20.8 Å². The van der Waals surface area contributed by atoms with Gasteiger partial charge < -0.3 is 10.6 Å². The number of carbonyl (C=O) groups is 1. The Labute approximate surface area is 115 Å². The third kappa shape index (κ3) is 3.76. The molecule has 1 heterocycles. The molecule has 0 aromatic rings. The zero-order valence-electron chi connectivity index (χ0n) is 11.1. The lowest BCUT2D eigenvalue weighted by molar-refractivity contribution is -0.142. The average molecular weight is 281 g/mol. The van der Waals surface area contributed by atoms with E-state index in [2.05, 4.69) is 20.8 Å². The Morgan fingerprint density at radius 3 is 2.47 bits per heavy atom. The van der Waals surface area contributed by atoms with Gasteiger partial charge in [0.2, 0.25) is 5.91 Å². The van der Waals surface area contributed by atoms with Crippen molar-refractivity contribution < 1.29 is 4.79 Å². The van der Waals surface area contributed by atoms with Crippen molar-refractivity contribution in [2.24, 2.45) is 11.1 Å². The van der Waals surface area contributed by atoms with Gasteiger partial charge in [0, 0.05) is 30.6 Å². The van der Waals surface area contributed by atoms with Gasteiger partial charge in [-0.25, -0.2) is 0 Å². The maximum atomic E-state index is 12.5. The Morgan fingerprint density at radius 1 is 1.47 bits per heavy atom. The van der Waals surface area contributed by atoms with E-state index in [0.29, 0.717) is 11.8 Å². The van der Waals surface area contributed by atoms with Gasteiger partial charge in [0.1, 0.15) is 0 Å². The second kappa shape index (κ2) is 7.49. The quantitative estimate of drug-likeness (QED) is 0.858. The summed E-state index contributed by atoms with van der Waals surface area (Å²) in [5.74, 6) is 1.33. The van der Waals surface area contributed by atoms with Crippen molar-refractivity contribution in [1.82, 2.24) is 4.90 Å². The molecule has 17 heavy (non-hydrogen) atoms. The summed E-state index contributed by atoms with van der Waals surface area (Å²) in [6.07, 6.45) is 1.69. The zero-order chi connectivity index (χ0) is 12.2. The summed E-state index contributed by atoms with van der Waals surface area (Å²) >= 11 is 1.95. The lowest BCUT2D eigenvalue weighted by Crippen LogP contribution is -2.51. The van der Waals surface area contributed by atoms with Gasteiger partial charge in [-0.3, -0.25) is 4.79 Å². The van der Waals surface area contributed by atoms with Crippen LogP contribution in [0.4, 0.5) is 0 Å². The molecule has 0 radical (unpaired) electrons. The molecule has 1 fully saturated rings. The molecule has 1 amide bonds. The summed E-state index contributed by atoms with van der Waals surface area (Å²) in [4.78, 5) is 14.5. The summed E-state index contributed by atoms with van der Waals surface area (Å²) in [7, 11) is 0. The molecule has 0 saturated carbocycles. The zero-order valence-corrected chi connectivity index (χ0v) is 12.7. The molecule has 1 saturated heterocycles. The minimum atomic E-state index is -0.318. The molecule has 1 rings (SSSR count). The highest BCUT2D eigenvalue weighted by Gasteiger charge is 2.37. The fourth-order valence-corrected chi connectivity index (χ4v) is 3.28. The maximum absolute atomic E-state index is 12.5. The third-order valence-electron chi connectivity index (χ3n) is 3.73. The van der Waals surface area contributed by atoms with Gasteiger partial charge >= 0.3 is 0 Å². The number of carbonyl (C=O) groups excluding carboxylic acids is 1. The van der Waals surface area contributed by atoms with Gasteiger partial charge in [0.25, 0.3) is 0 Å². The Balaban J connectivity index is 0.00000256. The van der Waals surface area contributed by atoms with E-state index in [1.807, 2.05) is 16.7 Å². The topological polar surface area (TPSA) is 46.3 Å². The first-order valence-corrected chi connectivity index (χ1v) is 7.25. The third-order valence-corrected chi connectivity index (χ3v) is 4.86. The van der Waals surface area contributed by atoms with Crippen molar-refractivity contribution in [3.8, 4) is 0 Å². The molecule has 1 atom stereocenters. The highest BCUT2D eigenvalue weighted by Crippen LogP contribution is 2.30. The highest BCUT2D eigenvalue weighted by molar-refractivity contribution is 7.99. The summed E-state index contributed by atoms with van der Waals surface area (Å²) < 4.78 is 0. The SMILES string of the molecule is CCC(CC)(CN)C(=O)N1CCSC(C)C1.Cl. The van der Waals surface area contributed by atoms with E-state index < -0.39 is 0 Å². The molecule has 3 nitrogen and oxygen atoms in total. The minimum absolute atomic E-state index is 0. The van der Waals surface area contributed by atoms with Crippen LogP contribution in [0.2, 0.25) is 0 Å². The first-order valence-electron chi connectivity index (χ1n) is 6.20. The number of hydrogen-bond acceptors (Lipinski definition) is 3.